The standard InChI is InChI=1S/C27H24N4O3S/c1-17-6-7-19(31(33)34)12-21(17)30-22-13-27(2,3)14-23(32)25(22)24(18-8-11-35-16-18)20(15-28)26(30)29-9-4-5-10-29/h4-12,16,24H,13-14H2,1-3H3. The van der Waals surface area contributed by atoms with E-state index in [4.69, 9.17) is 0 Å². The Morgan fingerprint density at radius 3 is 2.57 bits per heavy atom. The van der Waals surface area contributed by atoms with Crippen LogP contribution in [0.15, 0.2) is 76.4 Å². The van der Waals surface area contributed by atoms with Crippen LogP contribution in [0.5, 0.6) is 0 Å². The van der Waals surface area contributed by atoms with Crippen LogP contribution in [0.25, 0.3) is 5.82 Å². The first-order chi connectivity index (χ1) is 16.7. The van der Waals surface area contributed by atoms with Crippen molar-refractivity contribution in [1.29, 1.82) is 5.26 Å². The van der Waals surface area contributed by atoms with Gasteiger partial charge < -0.3 is 4.57 Å². The van der Waals surface area contributed by atoms with Crippen LogP contribution < -0.4 is 4.90 Å². The lowest BCUT2D eigenvalue weighted by molar-refractivity contribution is -0.384. The number of aryl methyl sites for hydroxylation is 1. The fourth-order valence-corrected chi connectivity index (χ4v) is 5.87. The Balaban J connectivity index is 1.89. The molecule has 1 atom stereocenters. The van der Waals surface area contributed by atoms with Gasteiger partial charge in [-0.3, -0.25) is 19.8 Å². The van der Waals surface area contributed by atoms with E-state index in [1.54, 1.807) is 6.07 Å². The van der Waals surface area contributed by atoms with Crippen LogP contribution in [0, 0.1) is 33.8 Å². The van der Waals surface area contributed by atoms with E-state index >= 15 is 0 Å². The third kappa shape index (κ3) is 3.78. The van der Waals surface area contributed by atoms with Gasteiger partial charge in [0, 0.05) is 42.2 Å². The third-order valence-electron chi connectivity index (χ3n) is 6.69. The van der Waals surface area contributed by atoms with Gasteiger partial charge in [-0.1, -0.05) is 19.9 Å². The summed E-state index contributed by atoms with van der Waals surface area (Å²) in [5, 5.41) is 26.1. The van der Waals surface area contributed by atoms with E-state index in [9.17, 15) is 20.2 Å². The molecule has 35 heavy (non-hydrogen) atoms. The van der Waals surface area contributed by atoms with Crippen molar-refractivity contribution in [3.05, 3.63) is 97.6 Å². The van der Waals surface area contributed by atoms with Gasteiger partial charge >= 0.3 is 0 Å². The molecule has 8 heteroatoms. The van der Waals surface area contributed by atoms with Crippen molar-refractivity contribution in [3.63, 3.8) is 0 Å². The molecule has 2 aliphatic rings. The molecule has 0 bridgehead atoms. The highest BCUT2D eigenvalue weighted by Crippen LogP contribution is 2.52. The maximum Gasteiger partial charge on any atom is 0.271 e. The highest BCUT2D eigenvalue weighted by atomic mass is 32.1. The van der Waals surface area contributed by atoms with Crippen molar-refractivity contribution in [2.75, 3.05) is 4.90 Å². The zero-order chi connectivity index (χ0) is 24.9. The van der Waals surface area contributed by atoms with E-state index in [0.29, 0.717) is 35.5 Å². The topological polar surface area (TPSA) is 92.2 Å². The molecular weight excluding hydrogens is 460 g/mol. The molecule has 0 amide bonds. The minimum absolute atomic E-state index is 0.0137. The number of nitriles is 1. The second-order valence-electron chi connectivity index (χ2n) is 9.79. The SMILES string of the molecule is Cc1ccc([N+](=O)[O-])cc1N1C2=C(C(=O)CC(C)(C)C2)C(c2ccsc2)C(C#N)=C1n1cccc1. The summed E-state index contributed by atoms with van der Waals surface area (Å²) in [4.78, 5) is 26.9. The molecular formula is C27H24N4O3S. The number of hydrogen-bond acceptors (Lipinski definition) is 6. The first-order valence-corrected chi connectivity index (χ1v) is 12.3. The average molecular weight is 485 g/mol. The molecule has 1 aliphatic heterocycles. The second-order valence-corrected chi connectivity index (χ2v) is 10.6. The molecule has 176 valence electrons. The molecule has 0 N–H and O–H groups in total. The molecule has 0 saturated carbocycles. The lowest BCUT2D eigenvalue weighted by Crippen LogP contribution is -2.40. The van der Waals surface area contributed by atoms with Crippen LogP contribution >= 0.6 is 11.3 Å². The van der Waals surface area contributed by atoms with Gasteiger partial charge in [-0.25, -0.2) is 0 Å². The summed E-state index contributed by atoms with van der Waals surface area (Å²) in [7, 11) is 0. The van der Waals surface area contributed by atoms with Crippen LogP contribution in [-0.4, -0.2) is 15.3 Å². The highest BCUT2D eigenvalue weighted by Gasteiger charge is 2.46. The second kappa shape index (κ2) is 8.36. The highest BCUT2D eigenvalue weighted by molar-refractivity contribution is 7.08. The summed E-state index contributed by atoms with van der Waals surface area (Å²) in [5.74, 6) is 0.124. The number of nitro groups is 1. The fraction of sp³-hybridized carbons (Fsp3) is 0.259. The van der Waals surface area contributed by atoms with Crippen molar-refractivity contribution < 1.29 is 9.72 Å². The number of benzene rings is 1. The largest absolute Gasteiger partial charge is 0.309 e. The van der Waals surface area contributed by atoms with Gasteiger partial charge in [0.05, 0.1) is 28.2 Å². The molecule has 1 unspecified atom stereocenters. The zero-order valence-corrected chi connectivity index (χ0v) is 20.5. The molecule has 3 aromatic rings. The number of nitro benzene ring substituents is 1. The summed E-state index contributed by atoms with van der Waals surface area (Å²) >= 11 is 1.53. The first-order valence-electron chi connectivity index (χ1n) is 11.3. The van der Waals surface area contributed by atoms with Crippen molar-refractivity contribution in [2.45, 2.75) is 39.5 Å². The normalized spacial score (nSPS) is 19.5. The number of allylic oxidation sites excluding steroid dienone is 3. The number of carbonyl (C=O) groups is 1. The van der Waals surface area contributed by atoms with E-state index < -0.39 is 10.8 Å². The van der Waals surface area contributed by atoms with Crippen LogP contribution in [0.2, 0.25) is 0 Å². The number of carbonyl (C=O) groups excluding carboxylic acids is 1. The first kappa shape index (κ1) is 22.8. The summed E-state index contributed by atoms with van der Waals surface area (Å²) in [6.07, 6.45) is 4.70. The summed E-state index contributed by atoms with van der Waals surface area (Å²) in [6, 6.07) is 12.9. The van der Waals surface area contributed by atoms with Crippen LogP contribution in [-0.2, 0) is 4.79 Å². The molecule has 5 rings (SSSR count). The third-order valence-corrected chi connectivity index (χ3v) is 7.39. The van der Waals surface area contributed by atoms with E-state index in [0.717, 1.165) is 16.8 Å². The lowest BCUT2D eigenvalue weighted by atomic mass is 9.69. The van der Waals surface area contributed by atoms with Gasteiger partial charge in [0.1, 0.15) is 5.82 Å². The summed E-state index contributed by atoms with van der Waals surface area (Å²) in [6.45, 7) is 6.01. The van der Waals surface area contributed by atoms with Gasteiger partial charge in [-0.15, -0.1) is 0 Å². The monoisotopic (exact) mass is 484 g/mol. The van der Waals surface area contributed by atoms with Crippen LogP contribution in [0.3, 0.4) is 0 Å². The van der Waals surface area contributed by atoms with Crippen molar-refractivity contribution >= 4 is 34.3 Å². The lowest BCUT2D eigenvalue weighted by Gasteiger charge is -2.45. The molecule has 7 nitrogen and oxygen atoms in total. The number of aromatic nitrogens is 1. The molecule has 1 aliphatic carbocycles. The number of hydrogen-bond donors (Lipinski definition) is 0. The maximum atomic E-state index is 13.7. The average Bonchev–Trinajstić information content (AvgIpc) is 3.51. The Bertz CT molecular complexity index is 1440. The van der Waals surface area contributed by atoms with Crippen LogP contribution in [0.1, 0.15) is 43.7 Å². The van der Waals surface area contributed by atoms with Gasteiger partial charge in [-0.2, -0.15) is 16.6 Å². The molecule has 1 aromatic carbocycles. The number of nitrogens with zero attached hydrogens (tertiary/aromatic N) is 4. The minimum Gasteiger partial charge on any atom is -0.309 e. The zero-order valence-electron chi connectivity index (χ0n) is 19.7. The molecule has 0 saturated heterocycles. The Hall–Kier alpha value is -3.96. The molecule has 0 fully saturated rings. The van der Waals surface area contributed by atoms with Crippen molar-refractivity contribution in [2.24, 2.45) is 5.41 Å². The Labute approximate surface area is 207 Å². The molecule has 2 aromatic heterocycles. The van der Waals surface area contributed by atoms with Crippen molar-refractivity contribution in [1.82, 2.24) is 4.57 Å². The van der Waals surface area contributed by atoms with E-state index in [-0.39, 0.29) is 16.9 Å². The number of rotatable bonds is 4. The van der Waals surface area contributed by atoms with E-state index in [2.05, 4.69) is 19.9 Å². The van der Waals surface area contributed by atoms with Gasteiger partial charge in [0.2, 0.25) is 0 Å². The quantitative estimate of drug-likeness (QED) is 0.315. The van der Waals surface area contributed by atoms with Gasteiger partial charge in [0.15, 0.2) is 5.78 Å². The summed E-state index contributed by atoms with van der Waals surface area (Å²) < 4.78 is 1.87. The molecule has 3 heterocycles. The van der Waals surface area contributed by atoms with Crippen LogP contribution in [0.4, 0.5) is 11.4 Å². The molecule has 0 radical (unpaired) electrons. The van der Waals surface area contributed by atoms with Gasteiger partial charge in [0.25, 0.3) is 5.69 Å². The fourth-order valence-electron chi connectivity index (χ4n) is 5.18. The number of anilines is 1. The van der Waals surface area contributed by atoms with E-state index in [1.807, 2.05) is 57.7 Å². The maximum absolute atomic E-state index is 13.7. The number of Topliss-reactive ketones (excluding diaryl/α,β-unsaturated/α-hetero) is 1. The predicted molar refractivity (Wildman–Crippen MR) is 136 cm³/mol. The number of non-ortho nitro benzene ring substituents is 1. The smallest absolute Gasteiger partial charge is 0.271 e. The van der Waals surface area contributed by atoms with E-state index in [1.165, 1.54) is 23.5 Å². The predicted octanol–water partition coefficient (Wildman–Crippen LogP) is 6.41. The Kier molecular flexibility index (Phi) is 5.45. The Morgan fingerprint density at radius 2 is 1.94 bits per heavy atom. The number of ketones is 1. The van der Waals surface area contributed by atoms with Crippen molar-refractivity contribution in [3.8, 4) is 6.07 Å². The Morgan fingerprint density at radius 1 is 1.20 bits per heavy atom. The minimum atomic E-state index is -0.488. The molecule has 0 spiro atoms. The number of thiophene rings is 1. The van der Waals surface area contributed by atoms with Gasteiger partial charge in [-0.05, 0) is 58.8 Å². The summed E-state index contributed by atoms with van der Waals surface area (Å²) in [5.41, 5.74) is 3.83.